The van der Waals surface area contributed by atoms with E-state index in [9.17, 15) is 14.4 Å². The van der Waals surface area contributed by atoms with E-state index in [1.807, 2.05) is 13.0 Å². The van der Waals surface area contributed by atoms with E-state index in [4.69, 9.17) is 4.74 Å². The lowest BCUT2D eigenvalue weighted by molar-refractivity contribution is -0.145. The van der Waals surface area contributed by atoms with Gasteiger partial charge in [-0.25, -0.2) is 0 Å². The predicted octanol–water partition coefficient (Wildman–Crippen LogP) is 4.88. The molecule has 28 heavy (non-hydrogen) atoms. The van der Waals surface area contributed by atoms with Gasteiger partial charge in [-0.05, 0) is 30.1 Å². The SMILES string of the molecule is COC(=O)C(C(=O)c1ccccc1)C(C)CCC(=O)C1C(C)C=CCC1(C)C. The first-order valence-electron chi connectivity index (χ1n) is 10.1. The minimum Gasteiger partial charge on any atom is -0.468 e. The van der Waals surface area contributed by atoms with Crippen LogP contribution in [0.4, 0.5) is 0 Å². The van der Waals surface area contributed by atoms with E-state index in [-0.39, 0.29) is 34.7 Å². The molecule has 1 aromatic carbocycles. The Hall–Kier alpha value is -2.23. The van der Waals surface area contributed by atoms with Gasteiger partial charge in [0.15, 0.2) is 5.78 Å². The molecule has 1 aliphatic rings. The average molecular weight is 385 g/mol. The number of Topliss-reactive ketones (excluding diaryl/α,β-unsaturated/α-hetero) is 2. The molecule has 1 aromatic rings. The summed E-state index contributed by atoms with van der Waals surface area (Å²) in [5.74, 6) is -1.58. The standard InChI is InChI=1S/C24H32O4/c1-16(13-14-19(25)21-17(2)10-9-15-24(21,3)4)20(23(27)28-5)22(26)18-11-7-6-8-12-18/h6-12,16-17,20-21H,13-15H2,1-5H3. The zero-order valence-electron chi connectivity index (χ0n) is 17.6. The van der Waals surface area contributed by atoms with Crippen LogP contribution in [0.15, 0.2) is 42.5 Å². The lowest BCUT2D eigenvalue weighted by atomic mass is 9.64. The normalized spacial score (nSPS) is 22.9. The van der Waals surface area contributed by atoms with Gasteiger partial charge in [0.05, 0.1) is 7.11 Å². The highest BCUT2D eigenvalue weighted by atomic mass is 16.5. The summed E-state index contributed by atoms with van der Waals surface area (Å²) in [6, 6.07) is 8.78. The van der Waals surface area contributed by atoms with Crippen LogP contribution in [-0.2, 0) is 14.3 Å². The lowest BCUT2D eigenvalue weighted by Crippen LogP contribution is -2.38. The summed E-state index contributed by atoms with van der Waals surface area (Å²) in [4.78, 5) is 38.2. The number of rotatable bonds is 8. The number of methoxy groups -OCH3 is 1. The average Bonchev–Trinajstić information content (AvgIpc) is 2.66. The molecule has 4 unspecified atom stereocenters. The molecule has 2 rings (SSSR count). The van der Waals surface area contributed by atoms with Crippen molar-refractivity contribution in [3.8, 4) is 0 Å². The molecule has 0 fully saturated rings. The zero-order valence-corrected chi connectivity index (χ0v) is 17.6. The van der Waals surface area contributed by atoms with E-state index in [1.165, 1.54) is 7.11 Å². The monoisotopic (exact) mass is 384 g/mol. The summed E-state index contributed by atoms with van der Waals surface area (Å²) in [5, 5.41) is 0. The number of allylic oxidation sites excluding steroid dienone is 2. The second kappa shape index (κ2) is 9.31. The first kappa shape index (κ1) is 22.1. The van der Waals surface area contributed by atoms with Crippen molar-refractivity contribution in [3.05, 3.63) is 48.0 Å². The highest BCUT2D eigenvalue weighted by Crippen LogP contribution is 2.42. The second-order valence-corrected chi connectivity index (χ2v) is 8.67. The molecule has 0 bridgehead atoms. The van der Waals surface area contributed by atoms with E-state index in [2.05, 4.69) is 32.9 Å². The van der Waals surface area contributed by atoms with Crippen molar-refractivity contribution in [1.29, 1.82) is 0 Å². The number of ether oxygens (including phenoxy) is 1. The third kappa shape index (κ3) is 4.98. The molecule has 0 spiro atoms. The molecule has 0 aromatic heterocycles. The van der Waals surface area contributed by atoms with Crippen LogP contribution in [0.1, 0.15) is 57.3 Å². The third-order valence-corrected chi connectivity index (χ3v) is 6.01. The fraction of sp³-hybridized carbons (Fsp3) is 0.542. The van der Waals surface area contributed by atoms with Crippen LogP contribution in [0, 0.1) is 29.1 Å². The van der Waals surface area contributed by atoms with E-state index >= 15 is 0 Å². The molecule has 0 amide bonds. The fourth-order valence-corrected chi connectivity index (χ4v) is 4.46. The molecular formula is C24H32O4. The topological polar surface area (TPSA) is 60.4 Å². The number of carbonyl (C=O) groups is 3. The fourth-order valence-electron chi connectivity index (χ4n) is 4.46. The molecule has 0 radical (unpaired) electrons. The van der Waals surface area contributed by atoms with Gasteiger partial charge >= 0.3 is 5.97 Å². The molecule has 4 heteroatoms. The summed E-state index contributed by atoms with van der Waals surface area (Å²) in [7, 11) is 1.30. The van der Waals surface area contributed by atoms with Crippen LogP contribution < -0.4 is 0 Å². The van der Waals surface area contributed by atoms with Gasteiger partial charge in [-0.2, -0.15) is 0 Å². The van der Waals surface area contributed by atoms with Crippen molar-refractivity contribution < 1.29 is 19.1 Å². The van der Waals surface area contributed by atoms with Crippen molar-refractivity contribution in [2.75, 3.05) is 7.11 Å². The minimum atomic E-state index is -0.892. The molecule has 0 N–H and O–H groups in total. The van der Waals surface area contributed by atoms with Crippen molar-refractivity contribution in [2.24, 2.45) is 29.1 Å². The minimum absolute atomic E-state index is 0.0360. The van der Waals surface area contributed by atoms with Gasteiger partial charge in [-0.3, -0.25) is 14.4 Å². The van der Waals surface area contributed by atoms with Crippen LogP contribution in [0.3, 0.4) is 0 Å². The molecule has 0 heterocycles. The van der Waals surface area contributed by atoms with Gasteiger partial charge in [0.1, 0.15) is 11.7 Å². The maximum Gasteiger partial charge on any atom is 0.316 e. The number of hydrogen-bond acceptors (Lipinski definition) is 4. The first-order chi connectivity index (χ1) is 13.2. The van der Waals surface area contributed by atoms with Gasteiger partial charge < -0.3 is 4.74 Å². The van der Waals surface area contributed by atoms with Gasteiger partial charge in [-0.1, -0.05) is 70.2 Å². The van der Waals surface area contributed by atoms with Crippen molar-refractivity contribution in [1.82, 2.24) is 0 Å². The molecule has 0 aliphatic heterocycles. The molecule has 4 nitrogen and oxygen atoms in total. The van der Waals surface area contributed by atoms with Gasteiger partial charge in [-0.15, -0.1) is 0 Å². The highest BCUT2D eigenvalue weighted by Gasteiger charge is 2.40. The Morgan fingerprint density at radius 1 is 1.18 bits per heavy atom. The number of carbonyl (C=O) groups excluding carboxylic acids is 3. The van der Waals surface area contributed by atoms with Crippen LogP contribution in [0.25, 0.3) is 0 Å². The summed E-state index contributed by atoms with van der Waals surface area (Å²) in [6.45, 7) is 8.20. The Kier molecular flexibility index (Phi) is 7.34. The van der Waals surface area contributed by atoms with Crippen molar-refractivity contribution in [2.45, 2.75) is 47.0 Å². The molecule has 1 aliphatic carbocycles. The van der Waals surface area contributed by atoms with E-state index in [1.54, 1.807) is 24.3 Å². The number of ketones is 2. The smallest absolute Gasteiger partial charge is 0.316 e. The van der Waals surface area contributed by atoms with E-state index in [0.717, 1.165) is 6.42 Å². The second-order valence-electron chi connectivity index (χ2n) is 8.67. The van der Waals surface area contributed by atoms with Gasteiger partial charge in [0.2, 0.25) is 0 Å². The van der Waals surface area contributed by atoms with Crippen molar-refractivity contribution in [3.63, 3.8) is 0 Å². The molecule has 4 atom stereocenters. The first-order valence-corrected chi connectivity index (χ1v) is 10.1. The Balaban J connectivity index is 2.10. The van der Waals surface area contributed by atoms with Crippen LogP contribution in [0.5, 0.6) is 0 Å². The zero-order chi connectivity index (χ0) is 20.9. The van der Waals surface area contributed by atoms with Crippen LogP contribution in [0.2, 0.25) is 0 Å². The highest BCUT2D eigenvalue weighted by molar-refractivity contribution is 6.08. The lowest BCUT2D eigenvalue weighted by Gasteiger charge is -2.39. The van der Waals surface area contributed by atoms with E-state index < -0.39 is 11.9 Å². The Morgan fingerprint density at radius 3 is 2.39 bits per heavy atom. The summed E-state index contributed by atoms with van der Waals surface area (Å²) >= 11 is 0. The Bertz CT molecular complexity index is 732. The predicted molar refractivity (Wildman–Crippen MR) is 110 cm³/mol. The van der Waals surface area contributed by atoms with Crippen LogP contribution in [-0.4, -0.2) is 24.6 Å². The number of hydrogen-bond donors (Lipinski definition) is 0. The summed E-state index contributed by atoms with van der Waals surface area (Å²) in [5.41, 5.74) is 0.416. The summed E-state index contributed by atoms with van der Waals surface area (Å²) in [6.07, 6.45) is 6.01. The summed E-state index contributed by atoms with van der Waals surface area (Å²) < 4.78 is 4.90. The third-order valence-electron chi connectivity index (χ3n) is 6.01. The van der Waals surface area contributed by atoms with Crippen LogP contribution >= 0.6 is 0 Å². The Labute approximate surface area is 168 Å². The molecule has 0 saturated heterocycles. The molecular weight excluding hydrogens is 352 g/mol. The maximum absolute atomic E-state index is 13.0. The van der Waals surface area contributed by atoms with Crippen molar-refractivity contribution >= 4 is 17.5 Å². The number of benzene rings is 1. The number of esters is 1. The van der Waals surface area contributed by atoms with Gasteiger partial charge in [0, 0.05) is 17.9 Å². The molecule has 152 valence electrons. The Morgan fingerprint density at radius 2 is 1.82 bits per heavy atom. The largest absolute Gasteiger partial charge is 0.468 e. The quantitative estimate of drug-likeness (QED) is 0.277. The maximum atomic E-state index is 13.0. The van der Waals surface area contributed by atoms with E-state index in [0.29, 0.717) is 18.4 Å². The van der Waals surface area contributed by atoms with Gasteiger partial charge in [0.25, 0.3) is 0 Å². The molecule has 0 saturated carbocycles.